The summed E-state index contributed by atoms with van der Waals surface area (Å²) in [7, 11) is 0. The molecule has 0 aromatic heterocycles. The van der Waals surface area contributed by atoms with E-state index in [9.17, 15) is 10.1 Å². The first-order valence-electron chi connectivity index (χ1n) is 6.60. The second kappa shape index (κ2) is 7.38. The Balaban J connectivity index is 2.97. The lowest BCUT2D eigenvalue weighted by Gasteiger charge is -2.23. The summed E-state index contributed by atoms with van der Waals surface area (Å²) in [4.78, 5) is 10.9. The second-order valence-electron chi connectivity index (χ2n) is 5.08. The summed E-state index contributed by atoms with van der Waals surface area (Å²) in [5.74, 6) is 0.323. The summed E-state index contributed by atoms with van der Waals surface area (Å²) in [5, 5.41) is 14.4. The topological polar surface area (TPSA) is 64.4 Å². The van der Waals surface area contributed by atoms with E-state index in [4.69, 9.17) is 4.74 Å². The van der Waals surface area contributed by atoms with Gasteiger partial charge >= 0.3 is 5.69 Å². The fourth-order valence-electron chi connectivity index (χ4n) is 1.56. The maximum absolute atomic E-state index is 11.3. The quantitative estimate of drug-likeness (QED) is 0.582. The van der Waals surface area contributed by atoms with Crippen LogP contribution in [-0.4, -0.2) is 29.1 Å². The molecule has 0 atom stereocenters. The Labute approximate surface area is 124 Å². The van der Waals surface area contributed by atoms with Gasteiger partial charge in [0.15, 0.2) is 5.75 Å². The van der Waals surface area contributed by atoms with Crippen LogP contribution in [0.2, 0.25) is 0 Å². The molecule has 0 radical (unpaired) electrons. The van der Waals surface area contributed by atoms with E-state index in [0.29, 0.717) is 24.6 Å². The molecule has 1 aromatic carbocycles. The third kappa shape index (κ3) is 4.59. The van der Waals surface area contributed by atoms with Gasteiger partial charge in [0.25, 0.3) is 0 Å². The number of hydrogen-bond acceptors (Lipinski definition) is 5. The third-order valence-corrected chi connectivity index (χ3v) is 4.15. The van der Waals surface area contributed by atoms with Crippen LogP contribution in [0.3, 0.4) is 0 Å². The molecule has 0 heterocycles. The molecule has 0 saturated heterocycles. The summed E-state index contributed by atoms with van der Waals surface area (Å²) < 4.78 is 5.47. The predicted octanol–water partition coefficient (Wildman–Crippen LogP) is 3.94. The molecule has 0 aliphatic rings. The molecular formula is C14H22N2O3S. The highest BCUT2D eigenvalue weighted by atomic mass is 32.2. The summed E-state index contributed by atoms with van der Waals surface area (Å²) in [6.07, 6.45) is 2.84. The fraction of sp³-hybridized carbons (Fsp3) is 0.571. The summed E-state index contributed by atoms with van der Waals surface area (Å²) in [5.41, 5.74) is 0.517. The fourth-order valence-corrected chi connectivity index (χ4v) is 1.78. The Hall–Kier alpha value is -1.43. The van der Waals surface area contributed by atoms with E-state index < -0.39 is 0 Å². The molecule has 1 N–H and O–H groups in total. The first-order valence-corrected chi connectivity index (χ1v) is 7.83. The van der Waals surface area contributed by atoms with E-state index in [1.807, 2.05) is 13.2 Å². The van der Waals surface area contributed by atoms with Gasteiger partial charge in [0.05, 0.1) is 11.5 Å². The van der Waals surface area contributed by atoms with Crippen LogP contribution in [-0.2, 0) is 0 Å². The number of benzene rings is 1. The summed E-state index contributed by atoms with van der Waals surface area (Å²) in [6.45, 7) is 7.27. The molecule has 6 heteroatoms. The Kier molecular flexibility index (Phi) is 6.13. The molecule has 0 aliphatic heterocycles. The monoisotopic (exact) mass is 298 g/mol. The Morgan fingerprint density at radius 3 is 2.70 bits per heavy atom. The normalized spacial score (nSPS) is 11.2. The number of hydrogen-bond donors (Lipinski definition) is 1. The van der Waals surface area contributed by atoms with Crippen molar-refractivity contribution in [1.29, 1.82) is 0 Å². The van der Waals surface area contributed by atoms with Gasteiger partial charge in [-0.3, -0.25) is 10.1 Å². The second-order valence-corrected chi connectivity index (χ2v) is 6.59. The molecule has 20 heavy (non-hydrogen) atoms. The van der Waals surface area contributed by atoms with E-state index in [1.165, 1.54) is 0 Å². The van der Waals surface area contributed by atoms with Gasteiger partial charge in [-0.25, -0.2) is 0 Å². The molecular weight excluding hydrogens is 276 g/mol. The van der Waals surface area contributed by atoms with Crippen LogP contribution in [0.5, 0.6) is 5.75 Å². The highest BCUT2D eigenvalue weighted by molar-refractivity contribution is 7.99. The number of nitro groups is 1. The van der Waals surface area contributed by atoms with Gasteiger partial charge in [0.1, 0.15) is 5.69 Å². The number of rotatable bonds is 8. The maximum atomic E-state index is 11.3. The van der Waals surface area contributed by atoms with Gasteiger partial charge < -0.3 is 10.1 Å². The lowest BCUT2D eigenvalue weighted by atomic mass is 10.2. The largest absolute Gasteiger partial charge is 0.487 e. The third-order valence-electron chi connectivity index (χ3n) is 2.90. The van der Waals surface area contributed by atoms with Crippen molar-refractivity contribution in [3.63, 3.8) is 0 Å². The number of nitrogens with one attached hydrogen (secondary N) is 1. The highest BCUT2D eigenvalue weighted by Gasteiger charge is 2.23. The number of nitro benzene ring substituents is 1. The van der Waals surface area contributed by atoms with Crippen molar-refractivity contribution < 1.29 is 9.66 Å². The molecule has 112 valence electrons. The average Bonchev–Trinajstić information content (AvgIpc) is 2.42. The molecule has 0 spiro atoms. The van der Waals surface area contributed by atoms with Gasteiger partial charge in [0.2, 0.25) is 0 Å². The van der Waals surface area contributed by atoms with Crippen molar-refractivity contribution in [2.75, 3.05) is 24.7 Å². The van der Waals surface area contributed by atoms with Crippen molar-refractivity contribution in [1.82, 2.24) is 0 Å². The summed E-state index contributed by atoms with van der Waals surface area (Å²) in [6, 6.07) is 5.12. The van der Waals surface area contributed by atoms with Gasteiger partial charge in [-0.1, -0.05) is 13.0 Å². The van der Waals surface area contributed by atoms with Gasteiger partial charge in [0, 0.05) is 11.3 Å². The number of nitrogens with zero attached hydrogens (tertiary/aromatic N) is 1. The van der Waals surface area contributed by atoms with E-state index in [0.717, 1.165) is 6.42 Å². The minimum atomic E-state index is -0.389. The lowest BCUT2D eigenvalue weighted by molar-refractivity contribution is -0.385. The lowest BCUT2D eigenvalue weighted by Crippen LogP contribution is -2.26. The van der Waals surface area contributed by atoms with Crippen LogP contribution in [0.15, 0.2) is 18.2 Å². The molecule has 0 fully saturated rings. The molecule has 0 bridgehead atoms. The zero-order valence-electron chi connectivity index (χ0n) is 12.4. The van der Waals surface area contributed by atoms with Crippen LogP contribution < -0.4 is 10.1 Å². The van der Waals surface area contributed by atoms with E-state index >= 15 is 0 Å². The van der Waals surface area contributed by atoms with Crippen LogP contribution >= 0.6 is 11.8 Å². The van der Waals surface area contributed by atoms with Crippen molar-refractivity contribution in [3.05, 3.63) is 28.3 Å². The number of para-hydroxylation sites is 1. The highest BCUT2D eigenvalue weighted by Crippen LogP contribution is 2.35. The van der Waals surface area contributed by atoms with Crippen molar-refractivity contribution in [2.45, 2.75) is 31.9 Å². The molecule has 0 unspecified atom stereocenters. The van der Waals surface area contributed by atoms with Gasteiger partial charge in [-0.15, -0.1) is 0 Å². The van der Waals surface area contributed by atoms with Crippen LogP contribution in [0.25, 0.3) is 0 Å². The molecule has 0 aliphatic carbocycles. The Bertz CT molecular complexity index is 464. The maximum Gasteiger partial charge on any atom is 0.333 e. The molecule has 0 saturated carbocycles. The van der Waals surface area contributed by atoms with Crippen LogP contribution in [0.1, 0.15) is 27.2 Å². The smallest absolute Gasteiger partial charge is 0.333 e. The SMILES string of the molecule is CCCOc1cccc(NCC(C)(C)SC)c1[N+](=O)[O-]. The van der Waals surface area contributed by atoms with Crippen LogP contribution in [0, 0.1) is 10.1 Å². The minimum Gasteiger partial charge on any atom is -0.487 e. The van der Waals surface area contributed by atoms with Crippen LogP contribution in [0.4, 0.5) is 11.4 Å². The molecule has 0 amide bonds. The summed E-state index contributed by atoms with van der Waals surface area (Å²) >= 11 is 1.72. The number of thioether (sulfide) groups is 1. The first kappa shape index (κ1) is 16.6. The number of ether oxygens (including phenoxy) is 1. The minimum absolute atomic E-state index is 0.00808. The first-order chi connectivity index (χ1) is 9.41. The van der Waals surface area contributed by atoms with Crippen molar-refractivity contribution in [3.8, 4) is 5.75 Å². The number of anilines is 1. The molecule has 1 aromatic rings. The average molecular weight is 298 g/mol. The Morgan fingerprint density at radius 2 is 2.15 bits per heavy atom. The zero-order valence-corrected chi connectivity index (χ0v) is 13.3. The van der Waals surface area contributed by atoms with E-state index in [2.05, 4.69) is 19.2 Å². The van der Waals surface area contributed by atoms with Crippen molar-refractivity contribution >= 4 is 23.1 Å². The molecule has 1 rings (SSSR count). The zero-order chi connectivity index (χ0) is 15.2. The van der Waals surface area contributed by atoms with E-state index in [-0.39, 0.29) is 15.4 Å². The predicted molar refractivity (Wildman–Crippen MR) is 85.0 cm³/mol. The van der Waals surface area contributed by atoms with E-state index in [1.54, 1.807) is 30.0 Å². The molecule has 5 nitrogen and oxygen atoms in total. The van der Waals surface area contributed by atoms with Crippen molar-refractivity contribution in [2.24, 2.45) is 0 Å². The Morgan fingerprint density at radius 1 is 1.45 bits per heavy atom. The standard InChI is InChI=1S/C14H22N2O3S/c1-5-9-19-12-8-6-7-11(13(12)16(17)18)15-10-14(2,3)20-4/h6-8,15H,5,9-10H2,1-4H3. The van der Waals surface area contributed by atoms with Gasteiger partial charge in [-0.2, -0.15) is 11.8 Å². The van der Waals surface area contributed by atoms with Gasteiger partial charge in [-0.05, 0) is 38.7 Å².